The third-order valence-corrected chi connectivity index (χ3v) is 7.70. The quantitative estimate of drug-likeness (QED) is 0.324. The third kappa shape index (κ3) is 4.63. The van der Waals surface area contributed by atoms with Crippen LogP contribution in [0.3, 0.4) is 0 Å². The normalized spacial score (nSPS) is 12.0. The van der Waals surface area contributed by atoms with Gasteiger partial charge in [0, 0.05) is 55.3 Å². The van der Waals surface area contributed by atoms with Gasteiger partial charge in [-0.1, -0.05) is 0 Å². The van der Waals surface area contributed by atoms with Crippen LogP contribution in [0.4, 0.5) is 14.5 Å². The summed E-state index contributed by atoms with van der Waals surface area (Å²) < 4.78 is 60.2. The van der Waals surface area contributed by atoms with Gasteiger partial charge in [0.2, 0.25) is 0 Å². The zero-order chi connectivity index (χ0) is 27.2. The minimum absolute atomic E-state index is 0.117. The number of nitrogens with one attached hydrogen (secondary N) is 1. The molecule has 0 radical (unpaired) electrons. The molecule has 12 heteroatoms. The molecule has 2 aromatic carbocycles. The molecule has 0 saturated carbocycles. The monoisotopic (exact) mass is 537 g/mol. The summed E-state index contributed by atoms with van der Waals surface area (Å²) in [5.74, 6) is -1.48. The number of imidazole rings is 1. The minimum Gasteiger partial charge on any atom is -0.283 e. The highest BCUT2D eigenvalue weighted by Gasteiger charge is 2.20. The number of benzene rings is 2. The molecule has 0 spiro atoms. The molecule has 38 heavy (non-hydrogen) atoms. The van der Waals surface area contributed by atoms with Gasteiger partial charge in [-0.05, 0) is 55.8 Å². The van der Waals surface area contributed by atoms with Crippen LogP contribution in [0, 0.1) is 11.6 Å². The number of anilines is 1. The number of aromatic nitrogens is 5. The van der Waals surface area contributed by atoms with Crippen LogP contribution < -0.4 is 9.03 Å². The summed E-state index contributed by atoms with van der Waals surface area (Å²) in [6.45, 7) is 4.08. The van der Waals surface area contributed by atoms with E-state index < -0.39 is 21.8 Å². The first-order valence-corrected chi connectivity index (χ1v) is 13.2. The van der Waals surface area contributed by atoms with Gasteiger partial charge in [-0.15, -0.1) is 0 Å². The van der Waals surface area contributed by atoms with Crippen molar-refractivity contribution >= 4 is 27.1 Å². The van der Waals surface area contributed by atoms with Crippen molar-refractivity contribution in [3.05, 3.63) is 79.0 Å². The number of hydrogen-bond acceptors (Lipinski definition) is 5. The van der Waals surface area contributed by atoms with E-state index in [9.17, 15) is 17.2 Å². The van der Waals surface area contributed by atoms with Crippen molar-refractivity contribution in [3.8, 4) is 27.9 Å². The molecular formula is C26H25F2N7O2S. The van der Waals surface area contributed by atoms with Crippen LogP contribution in [0.5, 0.6) is 0 Å². The van der Waals surface area contributed by atoms with E-state index in [-0.39, 0.29) is 17.3 Å². The Labute approximate surface area is 218 Å². The number of pyridine rings is 1. The molecule has 0 aliphatic heterocycles. The van der Waals surface area contributed by atoms with Crippen molar-refractivity contribution < 1.29 is 17.2 Å². The summed E-state index contributed by atoms with van der Waals surface area (Å²) in [6.07, 6.45) is 6.99. The molecule has 0 atom stereocenters. The van der Waals surface area contributed by atoms with Crippen molar-refractivity contribution in [2.24, 2.45) is 0 Å². The molecule has 1 N–H and O–H groups in total. The number of fused-ring (bicyclic) bond motifs is 1. The lowest BCUT2D eigenvalue weighted by atomic mass is 10.0. The van der Waals surface area contributed by atoms with Crippen LogP contribution in [-0.2, 0) is 10.2 Å². The Bertz CT molecular complexity index is 1760. The predicted octanol–water partition coefficient (Wildman–Crippen LogP) is 4.71. The van der Waals surface area contributed by atoms with Crippen molar-refractivity contribution in [3.63, 3.8) is 0 Å². The molecule has 5 aromatic rings. The Morgan fingerprint density at radius 3 is 2.45 bits per heavy atom. The summed E-state index contributed by atoms with van der Waals surface area (Å²) >= 11 is 0. The molecule has 3 aromatic heterocycles. The van der Waals surface area contributed by atoms with E-state index in [0.717, 1.165) is 27.6 Å². The summed E-state index contributed by atoms with van der Waals surface area (Å²) in [5, 5.41) is 4.38. The fraction of sp³-hybridized carbons (Fsp3) is 0.192. The van der Waals surface area contributed by atoms with Crippen LogP contribution in [0.25, 0.3) is 39.1 Å². The number of halogens is 2. The van der Waals surface area contributed by atoms with Crippen molar-refractivity contribution in [2.45, 2.75) is 19.9 Å². The predicted molar refractivity (Wildman–Crippen MR) is 142 cm³/mol. The maximum Gasteiger partial charge on any atom is 0.301 e. The first kappa shape index (κ1) is 25.5. The molecule has 196 valence electrons. The van der Waals surface area contributed by atoms with Gasteiger partial charge < -0.3 is 0 Å². The van der Waals surface area contributed by atoms with Crippen LogP contribution in [0.2, 0.25) is 0 Å². The topological polar surface area (TPSA) is 97.9 Å². The van der Waals surface area contributed by atoms with E-state index in [0.29, 0.717) is 22.4 Å². The molecule has 5 rings (SSSR count). The van der Waals surface area contributed by atoms with Gasteiger partial charge >= 0.3 is 10.2 Å². The smallest absolute Gasteiger partial charge is 0.283 e. The standard InChI is InChI=1S/C26H25F2N7O2S/c1-16(2)35-14-19(13-32-35)18-9-25-26(30-12-18)34(15-31-25)22-8-17(23-6-5-20(27)10-24(23)28)7-21(11-22)33(4)38(36,37)29-3/h5-16,29H,1-4H3. The van der Waals surface area contributed by atoms with Gasteiger partial charge in [-0.25, -0.2) is 23.5 Å². The molecule has 0 saturated heterocycles. The Hall–Kier alpha value is -4.16. The van der Waals surface area contributed by atoms with E-state index >= 15 is 0 Å². The van der Waals surface area contributed by atoms with E-state index in [2.05, 4.69) is 19.8 Å². The van der Waals surface area contributed by atoms with Gasteiger partial charge in [0.25, 0.3) is 0 Å². The maximum absolute atomic E-state index is 14.7. The molecule has 0 unspecified atom stereocenters. The third-order valence-electron chi connectivity index (χ3n) is 6.26. The van der Waals surface area contributed by atoms with Gasteiger partial charge in [-0.2, -0.15) is 13.5 Å². The first-order chi connectivity index (χ1) is 18.1. The maximum atomic E-state index is 14.7. The van der Waals surface area contributed by atoms with Crippen LogP contribution in [0.1, 0.15) is 19.9 Å². The van der Waals surface area contributed by atoms with E-state index in [1.54, 1.807) is 35.4 Å². The lowest BCUT2D eigenvalue weighted by Crippen LogP contribution is -2.36. The van der Waals surface area contributed by atoms with Crippen LogP contribution in [-0.4, -0.2) is 46.8 Å². The van der Waals surface area contributed by atoms with Crippen molar-refractivity contribution in [1.82, 2.24) is 29.0 Å². The Balaban J connectivity index is 1.65. The first-order valence-electron chi connectivity index (χ1n) is 11.7. The minimum atomic E-state index is -3.85. The average Bonchev–Trinajstić information content (AvgIpc) is 3.55. The van der Waals surface area contributed by atoms with E-state index in [1.165, 1.54) is 26.2 Å². The highest BCUT2D eigenvalue weighted by Crippen LogP contribution is 2.32. The Morgan fingerprint density at radius 2 is 1.76 bits per heavy atom. The summed E-state index contributed by atoms with van der Waals surface area (Å²) in [4.78, 5) is 9.11. The zero-order valence-corrected chi connectivity index (χ0v) is 21.9. The van der Waals surface area contributed by atoms with Gasteiger partial charge in [0.1, 0.15) is 23.5 Å². The lowest BCUT2D eigenvalue weighted by molar-refractivity contribution is 0.532. The largest absolute Gasteiger partial charge is 0.301 e. The molecule has 0 bridgehead atoms. The fourth-order valence-corrected chi connectivity index (χ4v) is 4.75. The summed E-state index contributed by atoms with van der Waals surface area (Å²) in [6, 6.07) is 10.2. The summed E-state index contributed by atoms with van der Waals surface area (Å²) in [5.41, 5.74) is 4.10. The zero-order valence-electron chi connectivity index (χ0n) is 21.1. The highest BCUT2D eigenvalue weighted by atomic mass is 32.2. The molecule has 0 fully saturated rings. The van der Waals surface area contributed by atoms with Crippen molar-refractivity contribution in [2.75, 3.05) is 18.4 Å². The van der Waals surface area contributed by atoms with Gasteiger partial charge in [-0.3, -0.25) is 13.6 Å². The average molecular weight is 538 g/mol. The lowest BCUT2D eigenvalue weighted by Gasteiger charge is -2.21. The second-order valence-electron chi connectivity index (χ2n) is 9.02. The number of rotatable bonds is 7. The fourth-order valence-electron chi connectivity index (χ4n) is 4.09. The van der Waals surface area contributed by atoms with Crippen LogP contribution in [0.15, 0.2) is 67.4 Å². The molecule has 3 heterocycles. The van der Waals surface area contributed by atoms with Gasteiger partial charge in [0.05, 0.1) is 17.6 Å². The molecular weight excluding hydrogens is 512 g/mol. The highest BCUT2D eigenvalue weighted by molar-refractivity contribution is 7.90. The number of nitrogens with zero attached hydrogens (tertiary/aromatic N) is 6. The SMILES string of the molecule is CNS(=O)(=O)N(C)c1cc(-c2ccc(F)cc2F)cc(-n2cnc3cc(-c4cnn(C(C)C)c4)cnc32)c1. The second kappa shape index (κ2) is 9.62. The Morgan fingerprint density at radius 1 is 0.974 bits per heavy atom. The van der Waals surface area contributed by atoms with Gasteiger partial charge in [0.15, 0.2) is 5.65 Å². The Kier molecular flexibility index (Phi) is 6.45. The number of hydrogen-bond donors (Lipinski definition) is 1. The molecule has 0 aliphatic carbocycles. The summed E-state index contributed by atoms with van der Waals surface area (Å²) in [7, 11) is -1.18. The molecule has 9 nitrogen and oxygen atoms in total. The molecule has 0 aliphatic rings. The van der Waals surface area contributed by atoms with Crippen LogP contribution >= 0.6 is 0 Å². The van der Waals surface area contributed by atoms with E-state index in [4.69, 9.17) is 0 Å². The van der Waals surface area contributed by atoms with E-state index in [1.807, 2.05) is 30.8 Å². The van der Waals surface area contributed by atoms with Crippen molar-refractivity contribution in [1.29, 1.82) is 0 Å². The second-order valence-corrected chi connectivity index (χ2v) is 10.9. The molecule has 0 amide bonds.